The summed E-state index contributed by atoms with van der Waals surface area (Å²) in [5.41, 5.74) is 0.555. The van der Waals surface area contributed by atoms with Crippen molar-refractivity contribution in [1.82, 2.24) is 0 Å². The summed E-state index contributed by atoms with van der Waals surface area (Å²) in [5.74, 6) is -1.46. The van der Waals surface area contributed by atoms with Crippen molar-refractivity contribution in [2.45, 2.75) is 6.92 Å². The fraction of sp³-hybridized carbons (Fsp3) is 0.0667. The minimum atomic E-state index is -0.623. The van der Waals surface area contributed by atoms with Crippen LogP contribution < -0.4 is 10.6 Å². The number of benzene rings is 2. The van der Waals surface area contributed by atoms with Gasteiger partial charge in [0.1, 0.15) is 5.82 Å². The molecular formula is C15H11Cl2FN2O2. The Balaban J connectivity index is 2.23. The van der Waals surface area contributed by atoms with Gasteiger partial charge in [0.15, 0.2) is 0 Å². The van der Waals surface area contributed by atoms with E-state index >= 15 is 0 Å². The molecule has 0 saturated heterocycles. The van der Waals surface area contributed by atoms with E-state index in [1.165, 1.54) is 37.3 Å². The number of nitrogens with one attached hydrogen (secondary N) is 2. The normalized spacial score (nSPS) is 10.2. The standard InChI is InChI=1S/C15H11Cl2FN2O2/c1-8(21)19-10-3-5-13(18)14(7-10)20-15(22)9-2-4-11(16)12(17)6-9/h2-7H,1H3,(H,19,21)(H,20,22). The molecule has 114 valence electrons. The molecule has 0 heterocycles. The number of hydrogen-bond donors (Lipinski definition) is 2. The predicted molar refractivity (Wildman–Crippen MR) is 85.1 cm³/mol. The monoisotopic (exact) mass is 340 g/mol. The van der Waals surface area contributed by atoms with Crippen LogP contribution in [0.15, 0.2) is 36.4 Å². The lowest BCUT2D eigenvalue weighted by molar-refractivity contribution is -0.114. The number of carbonyl (C=O) groups excluding carboxylic acids is 2. The summed E-state index contributed by atoms with van der Waals surface area (Å²) in [5, 5.41) is 5.47. The maximum absolute atomic E-state index is 13.8. The second-order valence-corrected chi connectivity index (χ2v) is 5.27. The Hall–Kier alpha value is -2.11. The quantitative estimate of drug-likeness (QED) is 0.872. The molecule has 4 nitrogen and oxygen atoms in total. The van der Waals surface area contributed by atoms with E-state index in [9.17, 15) is 14.0 Å². The van der Waals surface area contributed by atoms with E-state index in [-0.39, 0.29) is 22.2 Å². The molecule has 22 heavy (non-hydrogen) atoms. The number of halogens is 3. The van der Waals surface area contributed by atoms with Gasteiger partial charge in [-0.25, -0.2) is 4.39 Å². The van der Waals surface area contributed by atoms with Crippen LogP contribution in [0.4, 0.5) is 15.8 Å². The van der Waals surface area contributed by atoms with Crippen LogP contribution in [-0.2, 0) is 4.79 Å². The molecule has 0 aliphatic heterocycles. The Kier molecular flexibility index (Phi) is 5.00. The summed E-state index contributed by atoms with van der Waals surface area (Å²) >= 11 is 11.6. The third-order valence-corrected chi connectivity index (χ3v) is 3.46. The summed E-state index contributed by atoms with van der Waals surface area (Å²) in [6.45, 7) is 1.33. The van der Waals surface area contributed by atoms with Crippen LogP contribution in [0.2, 0.25) is 10.0 Å². The molecule has 2 amide bonds. The molecule has 0 atom stereocenters. The Morgan fingerprint density at radius 3 is 2.36 bits per heavy atom. The minimum absolute atomic E-state index is 0.0534. The van der Waals surface area contributed by atoms with Crippen molar-refractivity contribution < 1.29 is 14.0 Å². The molecule has 0 fully saturated rings. The van der Waals surface area contributed by atoms with Crippen LogP contribution in [0, 0.1) is 5.82 Å². The van der Waals surface area contributed by atoms with Gasteiger partial charge >= 0.3 is 0 Å². The first-order chi connectivity index (χ1) is 10.4. The highest BCUT2D eigenvalue weighted by molar-refractivity contribution is 6.42. The molecule has 7 heteroatoms. The number of hydrogen-bond acceptors (Lipinski definition) is 2. The van der Waals surface area contributed by atoms with Gasteiger partial charge in [0.05, 0.1) is 15.7 Å². The van der Waals surface area contributed by atoms with Gasteiger partial charge in [-0.15, -0.1) is 0 Å². The summed E-state index contributed by atoms with van der Waals surface area (Å²) in [6, 6.07) is 8.20. The van der Waals surface area contributed by atoms with E-state index in [1.807, 2.05) is 0 Å². The van der Waals surface area contributed by atoms with Crippen molar-refractivity contribution in [3.05, 3.63) is 57.8 Å². The third kappa shape index (κ3) is 3.96. The summed E-state index contributed by atoms with van der Waals surface area (Å²) in [4.78, 5) is 23.1. The van der Waals surface area contributed by atoms with Crippen molar-refractivity contribution in [3.8, 4) is 0 Å². The van der Waals surface area contributed by atoms with Crippen LogP contribution in [0.3, 0.4) is 0 Å². The lowest BCUT2D eigenvalue weighted by atomic mass is 10.2. The number of carbonyl (C=O) groups is 2. The minimum Gasteiger partial charge on any atom is -0.326 e. The molecule has 0 aliphatic rings. The second kappa shape index (κ2) is 6.77. The van der Waals surface area contributed by atoms with E-state index in [0.29, 0.717) is 10.7 Å². The SMILES string of the molecule is CC(=O)Nc1ccc(F)c(NC(=O)c2ccc(Cl)c(Cl)c2)c1. The lowest BCUT2D eigenvalue weighted by Crippen LogP contribution is -2.14. The molecule has 0 bridgehead atoms. The third-order valence-electron chi connectivity index (χ3n) is 2.72. The fourth-order valence-electron chi connectivity index (χ4n) is 1.73. The summed E-state index contributed by atoms with van der Waals surface area (Å²) < 4.78 is 13.8. The Labute approximate surface area is 136 Å². The molecule has 2 N–H and O–H groups in total. The topological polar surface area (TPSA) is 58.2 Å². The van der Waals surface area contributed by atoms with Crippen molar-refractivity contribution >= 4 is 46.4 Å². The van der Waals surface area contributed by atoms with Crippen molar-refractivity contribution in [2.75, 3.05) is 10.6 Å². The molecule has 0 saturated carbocycles. The molecule has 0 radical (unpaired) electrons. The Morgan fingerprint density at radius 2 is 1.73 bits per heavy atom. The van der Waals surface area contributed by atoms with E-state index in [2.05, 4.69) is 10.6 Å². The molecular weight excluding hydrogens is 330 g/mol. The van der Waals surface area contributed by atoms with Gasteiger partial charge in [0.25, 0.3) is 5.91 Å². The zero-order valence-corrected chi connectivity index (χ0v) is 12.9. The molecule has 0 unspecified atom stereocenters. The van der Waals surface area contributed by atoms with Crippen LogP contribution in [-0.4, -0.2) is 11.8 Å². The van der Waals surface area contributed by atoms with Gasteiger partial charge in [-0.3, -0.25) is 9.59 Å². The largest absolute Gasteiger partial charge is 0.326 e. The molecule has 0 spiro atoms. The van der Waals surface area contributed by atoms with Crippen LogP contribution in [0.25, 0.3) is 0 Å². The van der Waals surface area contributed by atoms with E-state index in [0.717, 1.165) is 6.07 Å². The van der Waals surface area contributed by atoms with Crippen LogP contribution in [0.1, 0.15) is 17.3 Å². The maximum Gasteiger partial charge on any atom is 0.255 e. The Morgan fingerprint density at radius 1 is 1.00 bits per heavy atom. The van der Waals surface area contributed by atoms with Crippen molar-refractivity contribution in [1.29, 1.82) is 0 Å². The average Bonchev–Trinajstić information content (AvgIpc) is 2.45. The van der Waals surface area contributed by atoms with Gasteiger partial charge < -0.3 is 10.6 Å². The highest BCUT2D eigenvalue weighted by atomic mass is 35.5. The molecule has 2 aromatic carbocycles. The van der Waals surface area contributed by atoms with Gasteiger partial charge in [-0.1, -0.05) is 23.2 Å². The van der Waals surface area contributed by atoms with Crippen LogP contribution >= 0.6 is 23.2 Å². The van der Waals surface area contributed by atoms with Crippen molar-refractivity contribution in [2.24, 2.45) is 0 Å². The first-order valence-corrected chi connectivity index (χ1v) is 6.96. The zero-order valence-electron chi connectivity index (χ0n) is 11.4. The molecule has 0 aliphatic carbocycles. The average molecular weight is 341 g/mol. The summed E-state index contributed by atoms with van der Waals surface area (Å²) in [6.07, 6.45) is 0. The van der Waals surface area contributed by atoms with Gasteiger partial charge in [0, 0.05) is 18.2 Å². The van der Waals surface area contributed by atoms with Crippen molar-refractivity contribution in [3.63, 3.8) is 0 Å². The molecule has 2 rings (SSSR count). The van der Waals surface area contributed by atoms with Gasteiger partial charge in [-0.05, 0) is 36.4 Å². The van der Waals surface area contributed by atoms with Gasteiger partial charge in [0.2, 0.25) is 5.91 Å². The van der Waals surface area contributed by atoms with E-state index in [4.69, 9.17) is 23.2 Å². The molecule has 0 aromatic heterocycles. The highest BCUT2D eigenvalue weighted by Gasteiger charge is 2.12. The predicted octanol–water partition coefficient (Wildman–Crippen LogP) is 4.34. The first-order valence-electron chi connectivity index (χ1n) is 6.20. The maximum atomic E-state index is 13.8. The lowest BCUT2D eigenvalue weighted by Gasteiger charge is -2.09. The Bertz CT molecular complexity index is 750. The smallest absolute Gasteiger partial charge is 0.255 e. The second-order valence-electron chi connectivity index (χ2n) is 4.46. The highest BCUT2D eigenvalue weighted by Crippen LogP contribution is 2.24. The number of rotatable bonds is 3. The van der Waals surface area contributed by atoms with Gasteiger partial charge in [-0.2, -0.15) is 0 Å². The summed E-state index contributed by atoms with van der Waals surface area (Å²) in [7, 11) is 0. The number of amides is 2. The fourth-order valence-corrected chi connectivity index (χ4v) is 2.03. The zero-order chi connectivity index (χ0) is 16.3. The molecule has 2 aromatic rings. The first kappa shape index (κ1) is 16.3. The number of anilines is 2. The van der Waals surface area contributed by atoms with E-state index < -0.39 is 11.7 Å². The van der Waals surface area contributed by atoms with E-state index in [1.54, 1.807) is 0 Å². The van der Waals surface area contributed by atoms with Crippen LogP contribution in [0.5, 0.6) is 0 Å².